The summed E-state index contributed by atoms with van der Waals surface area (Å²) in [5.41, 5.74) is 3.70. The van der Waals surface area contributed by atoms with Gasteiger partial charge in [-0.05, 0) is 22.5 Å². The molecule has 0 fully saturated rings. The fourth-order valence-corrected chi connectivity index (χ4v) is 1.98. The van der Waals surface area contributed by atoms with Crippen LogP contribution in [0.5, 0.6) is 0 Å². The predicted molar refractivity (Wildman–Crippen MR) is 71.4 cm³/mol. The molecule has 2 rings (SSSR count). The van der Waals surface area contributed by atoms with E-state index in [1.807, 2.05) is 0 Å². The lowest BCUT2D eigenvalue weighted by Crippen LogP contribution is -2.16. The zero-order valence-electron chi connectivity index (χ0n) is 11.6. The molecular formula is C15H21NO. The maximum atomic E-state index is 5.39. The van der Waals surface area contributed by atoms with Crippen LogP contribution in [0.3, 0.4) is 0 Å². The molecule has 0 saturated carbocycles. The standard InChI is InChI=1S/C15H21NO/c1-14(2,3)11-7-10-9-16-17-13(10)12(8-11)15(4,5)6/h7-9H,1-6H3. The number of nitrogens with zero attached hydrogens (tertiary/aromatic N) is 1. The van der Waals surface area contributed by atoms with Gasteiger partial charge < -0.3 is 4.52 Å². The summed E-state index contributed by atoms with van der Waals surface area (Å²) in [4.78, 5) is 0. The Morgan fingerprint density at radius 3 is 2.12 bits per heavy atom. The molecule has 0 bridgehead atoms. The number of rotatable bonds is 0. The van der Waals surface area contributed by atoms with Crippen LogP contribution < -0.4 is 0 Å². The van der Waals surface area contributed by atoms with Crippen LogP contribution in [0.4, 0.5) is 0 Å². The third kappa shape index (κ3) is 2.21. The van der Waals surface area contributed by atoms with E-state index in [2.05, 4.69) is 58.8 Å². The first-order chi connectivity index (χ1) is 7.69. The van der Waals surface area contributed by atoms with Crippen LogP contribution in [-0.4, -0.2) is 5.16 Å². The molecule has 0 radical (unpaired) electrons. The summed E-state index contributed by atoms with van der Waals surface area (Å²) in [5, 5.41) is 5.02. The minimum atomic E-state index is 0.0685. The molecule has 0 aliphatic heterocycles. The lowest BCUT2D eigenvalue weighted by atomic mass is 9.80. The van der Waals surface area contributed by atoms with E-state index < -0.39 is 0 Å². The highest BCUT2D eigenvalue weighted by Gasteiger charge is 2.23. The number of aromatic nitrogens is 1. The molecule has 0 aliphatic rings. The Morgan fingerprint density at radius 2 is 1.59 bits per heavy atom. The van der Waals surface area contributed by atoms with Crippen molar-refractivity contribution in [1.29, 1.82) is 0 Å². The van der Waals surface area contributed by atoms with E-state index in [0.29, 0.717) is 0 Å². The van der Waals surface area contributed by atoms with Crippen LogP contribution in [0.25, 0.3) is 11.0 Å². The largest absolute Gasteiger partial charge is 0.356 e. The molecule has 1 aromatic carbocycles. The molecule has 92 valence electrons. The van der Waals surface area contributed by atoms with E-state index in [-0.39, 0.29) is 10.8 Å². The van der Waals surface area contributed by atoms with Gasteiger partial charge in [0.05, 0.1) is 6.20 Å². The molecule has 0 N–H and O–H groups in total. The van der Waals surface area contributed by atoms with Crippen molar-refractivity contribution in [2.24, 2.45) is 0 Å². The molecule has 0 amide bonds. The van der Waals surface area contributed by atoms with Crippen molar-refractivity contribution < 1.29 is 4.52 Å². The smallest absolute Gasteiger partial charge is 0.170 e. The molecule has 0 atom stereocenters. The fraction of sp³-hybridized carbons (Fsp3) is 0.533. The molecule has 0 saturated heterocycles. The second kappa shape index (κ2) is 3.59. The van der Waals surface area contributed by atoms with Crippen LogP contribution in [0.1, 0.15) is 52.7 Å². The molecule has 0 spiro atoms. The lowest BCUT2D eigenvalue weighted by Gasteiger charge is -2.24. The molecule has 2 nitrogen and oxygen atoms in total. The summed E-state index contributed by atoms with van der Waals surface area (Å²) in [5.74, 6) is 0. The number of fused-ring (bicyclic) bond motifs is 1. The van der Waals surface area contributed by atoms with Gasteiger partial charge in [-0.15, -0.1) is 0 Å². The van der Waals surface area contributed by atoms with Crippen LogP contribution in [0.15, 0.2) is 22.9 Å². The van der Waals surface area contributed by atoms with Crippen molar-refractivity contribution in [2.75, 3.05) is 0 Å². The van der Waals surface area contributed by atoms with Gasteiger partial charge in [0.1, 0.15) is 0 Å². The van der Waals surface area contributed by atoms with Gasteiger partial charge in [0.25, 0.3) is 0 Å². The summed E-state index contributed by atoms with van der Waals surface area (Å²) in [6.07, 6.45) is 1.81. The lowest BCUT2D eigenvalue weighted by molar-refractivity contribution is 0.445. The summed E-state index contributed by atoms with van der Waals surface area (Å²) < 4.78 is 5.39. The summed E-state index contributed by atoms with van der Waals surface area (Å²) in [7, 11) is 0. The van der Waals surface area contributed by atoms with Crippen molar-refractivity contribution in [3.63, 3.8) is 0 Å². The maximum absolute atomic E-state index is 5.39. The van der Waals surface area contributed by atoms with E-state index >= 15 is 0 Å². The van der Waals surface area contributed by atoms with E-state index in [1.54, 1.807) is 6.20 Å². The summed E-state index contributed by atoms with van der Waals surface area (Å²) >= 11 is 0. The predicted octanol–water partition coefficient (Wildman–Crippen LogP) is 4.42. The molecule has 1 aromatic heterocycles. The van der Waals surface area contributed by atoms with Crippen LogP contribution >= 0.6 is 0 Å². The first-order valence-corrected chi connectivity index (χ1v) is 6.09. The normalized spacial score (nSPS) is 13.3. The minimum Gasteiger partial charge on any atom is -0.356 e. The third-order valence-electron chi connectivity index (χ3n) is 3.13. The highest BCUT2D eigenvalue weighted by molar-refractivity contribution is 5.81. The SMILES string of the molecule is CC(C)(C)c1cc(C(C)(C)C)c2oncc2c1. The van der Waals surface area contributed by atoms with Gasteiger partial charge in [-0.3, -0.25) is 0 Å². The Labute approximate surface area is 103 Å². The zero-order valence-corrected chi connectivity index (χ0v) is 11.6. The van der Waals surface area contributed by atoms with Gasteiger partial charge in [0.15, 0.2) is 5.58 Å². The van der Waals surface area contributed by atoms with E-state index in [9.17, 15) is 0 Å². The Balaban J connectivity index is 2.76. The van der Waals surface area contributed by atoms with E-state index in [0.717, 1.165) is 11.0 Å². The second-order valence-electron chi connectivity index (χ2n) is 6.77. The van der Waals surface area contributed by atoms with Crippen molar-refractivity contribution in [3.8, 4) is 0 Å². The van der Waals surface area contributed by atoms with Crippen LogP contribution in [-0.2, 0) is 10.8 Å². The van der Waals surface area contributed by atoms with Gasteiger partial charge in [-0.2, -0.15) is 0 Å². The van der Waals surface area contributed by atoms with E-state index in [1.165, 1.54) is 11.1 Å². The highest BCUT2D eigenvalue weighted by atomic mass is 16.5. The maximum Gasteiger partial charge on any atom is 0.170 e. The van der Waals surface area contributed by atoms with Crippen molar-refractivity contribution in [1.82, 2.24) is 5.16 Å². The Morgan fingerprint density at radius 1 is 0.941 bits per heavy atom. The van der Waals surface area contributed by atoms with E-state index in [4.69, 9.17) is 4.52 Å². The topological polar surface area (TPSA) is 26.0 Å². The zero-order chi connectivity index (χ0) is 12.8. The minimum absolute atomic E-state index is 0.0685. The first-order valence-electron chi connectivity index (χ1n) is 6.09. The number of benzene rings is 1. The quantitative estimate of drug-likeness (QED) is 0.670. The van der Waals surface area contributed by atoms with Crippen molar-refractivity contribution in [2.45, 2.75) is 52.4 Å². The molecular weight excluding hydrogens is 210 g/mol. The Bertz CT molecular complexity index is 538. The van der Waals surface area contributed by atoms with Crippen molar-refractivity contribution >= 4 is 11.0 Å². The molecule has 2 aromatic rings. The third-order valence-corrected chi connectivity index (χ3v) is 3.13. The Hall–Kier alpha value is -1.31. The van der Waals surface area contributed by atoms with Crippen LogP contribution in [0.2, 0.25) is 0 Å². The van der Waals surface area contributed by atoms with Gasteiger partial charge in [0.2, 0.25) is 0 Å². The average Bonchev–Trinajstić information content (AvgIpc) is 2.59. The monoisotopic (exact) mass is 231 g/mol. The Kier molecular flexibility index (Phi) is 2.57. The van der Waals surface area contributed by atoms with Gasteiger partial charge in [0, 0.05) is 10.9 Å². The average molecular weight is 231 g/mol. The summed E-state index contributed by atoms with van der Waals surface area (Å²) in [6, 6.07) is 4.44. The van der Waals surface area contributed by atoms with Gasteiger partial charge in [-0.1, -0.05) is 52.8 Å². The number of hydrogen-bond acceptors (Lipinski definition) is 2. The van der Waals surface area contributed by atoms with Gasteiger partial charge >= 0.3 is 0 Å². The van der Waals surface area contributed by atoms with Crippen molar-refractivity contribution in [3.05, 3.63) is 29.5 Å². The fourth-order valence-electron chi connectivity index (χ4n) is 1.98. The molecule has 0 unspecified atom stereocenters. The molecule has 1 heterocycles. The second-order valence-corrected chi connectivity index (χ2v) is 6.77. The highest BCUT2D eigenvalue weighted by Crippen LogP contribution is 2.34. The number of hydrogen-bond donors (Lipinski definition) is 0. The van der Waals surface area contributed by atoms with Crippen LogP contribution in [0, 0.1) is 0 Å². The molecule has 2 heteroatoms. The summed E-state index contributed by atoms with van der Waals surface area (Å²) in [6.45, 7) is 13.3. The van der Waals surface area contributed by atoms with Gasteiger partial charge in [-0.25, -0.2) is 0 Å². The first kappa shape index (κ1) is 12.2. The molecule has 17 heavy (non-hydrogen) atoms. The molecule has 0 aliphatic carbocycles.